The molecule has 0 saturated heterocycles. The monoisotopic (exact) mass is 317 g/mol. The average molecular weight is 317 g/mol. The van der Waals surface area contributed by atoms with Gasteiger partial charge in [-0.3, -0.25) is 4.79 Å². The lowest BCUT2D eigenvalue weighted by molar-refractivity contribution is -0.904. The van der Waals surface area contributed by atoms with Crippen LogP contribution in [-0.2, 0) is 11.3 Å². The van der Waals surface area contributed by atoms with Crippen LogP contribution in [0.4, 0.5) is 10.1 Å². The third kappa shape index (κ3) is 4.79. The second kappa shape index (κ2) is 8.29. The fourth-order valence-electron chi connectivity index (χ4n) is 2.39. The van der Waals surface area contributed by atoms with Gasteiger partial charge < -0.3 is 15.0 Å². The van der Waals surface area contributed by atoms with Crippen molar-refractivity contribution in [3.8, 4) is 5.75 Å². The van der Waals surface area contributed by atoms with E-state index in [1.54, 1.807) is 37.4 Å². The van der Waals surface area contributed by atoms with Crippen LogP contribution >= 0.6 is 0 Å². The first-order valence-electron chi connectivity index (χ1n) is 7.64. The van der Waals surface area contributed by atoms with Crippen molar-refractivity contribution >= 4 is 11.6 Å². The summed E-state index contributed by atoms with van der Waals surface area (Å²) in [5, 5.41) is 2.85. The molecule has 1 unspecified atom stereocenters. The van der Waals surface area contributed by atoms with Gasteiger partial charge in [-0.1, -0.05) is 30.3 Å². The van der Waals surface area contributed by atoms with E-state index in [1.807, 2.05) is 19.1 Å². The molecule has 2 N–H and O–H groups in total. The number of methoxy groups -OCH3 is 1. The molecular formula is C18H22FN2O2+. The number of carbonyl (C=O) groups is 1. The number of halogens is 1. The molecule has 122 valence electrons. The number of carbonyl (C=O) groups excluding carboxylic acids is 1. The van der Waals surface area contributed by atoms with Gasteiger partial charge in [-0.25, -0.2) is 4.39 Å². The standard InChI is InChI=1S/C18H21FN2O2/c1-3-21(12-14-8-4-5-9-15(14)19)13-18(22)20-16-10-6-7-11-17(16)23-2/h4-11H,3,12-13H2,1-2H3,(H,20,22)/p+1. The largest absolute Gasteiger partial charge is 0.495 e. The van der Waals surface area contributed by atoms with Crippen LogP contribution in [0.25, 0.3) is 0 Å². The molecule has 5 heteroatoms. The van der Waals surface area contributed by atoms with Crippen LogP contribution in [0.1, 0.15) is 12.5 Å². The van der Waals surface area contributed by atoms with Crippen molar-refractivity contribution < 1.29 is 18.8 Å². The molecule has 0 aliphatic rings. The average Bonchev–Trinajstić information content (AvgIpc) is 2.56. The Morgan fingerprint density at radius 3 is 2.57 bits per heavy atom. The summed E-state index contributed by atoms with van der Waals surface area (Å²) >= 11 is 0. The second-order valence-corrected chi connectivity index (χ2v) is 5.30. The van der Waals surface area contributed by atoms with E-state index in [0.29, 0.717) is 23.5 Å². The van der Waals surface area contributed by atoms with Crippen molar-refractivity contribution in [3.63, 3.8) is 0 Å². The van der Waals surface area contributed by atoms with Crippen LogP contribution in [0.5, 0.6) is 5.75 Å². The third-order valence-corrected chi connectivity index (χ3v) is 3.69. The fraction of sp³-hybridized carbons (Fsp3) is 0.278. The lowest BCUT2D eigenvalue weighted by atomic mass is 10.2. The van der Waals surface area contributed by atoms with Crippen LogP contribution in [0.15, 0.2) is 48.5 Å². The number of para-hydroxylation sites is 2. The maximum atomic E-state index is 13.7. The molecule has 0 spiro atoms. The highest BCUT2D eigenvalue weighted by atomic mass is 19.1. The molecule has 0 aliphatic heterocycles. The summed E-state index contributed by atoms with van der Waals surface area (Å²) in [7, 11) is 1.56. The summed E-state index contributed by atoms with van der Waals surface area (Å²) in [6.07, 6.45) is 0. The third-order valence-electron chi connectivity index (χ3n) is 3.69. The predicted octanol–water partition coefficient (Wildman–Crippen LogP) is 1.88. The van der Waals surface area contributed by atoms with E-state index in [-0.39, 0.29) is 18.3 Å². The summed E-state index contributed by atoms with van der Waals surface area (Å²) in [6.45, 7) is 3.45. The molecule has 0 radical (unpaired) electrons. The molecule has 2 aromatic carbocycles. The van der Waals surface area contributed by atoms with Crippen molar-refractivity contribution in [2.45, 2.75) is 13.5 Å². The molecule has 0 aromatic heterocycles. The first-order chi connectivity index (χ1) is 11.1. The number of anilines is 1. The number of amides is 1. The summed E-state index contributed by atoms with van der Waals surface area (Å²) in [4.78, 5) is 13.2. The van der Waals surface area contributed by atoms with E-state index in [9.17, 15) is 9.18 Å². The summed E-state index contributed by atoms with van der Waals surface area (Å²) < 4.78 is 19.0. The van der Waals surface area contributed by atoms with Gasteiger partial charge in [0.1, 0.15) is 18.1 Å². The zero-order valence-corrected chi connectivity index (χ0v) is 13.4. The summed E-state index contributed by atoms with van der Waals surface area (Å²) in [5.74, 6) is 0.263. The summed E-state index contributed by atoms with van der Waals surface area (Å²) in [6, 6.07) is 13.9. The maximum Gasteiger partial charge on any atom is 0.279 e. The van der Waals surface area contributed by atoms with Gasteiger partial charge in [0.15, 0.2) is 6.54 Å². The SMILES string of the molecule is CC[NH+](CC(=O)Nc1ccccc1OC)Cc1ccccc1F. The van der Waals surface area contributed by atoms with Crippen LogP contribution in [-0.4, -0.2) is 26.1 Å². The minimum Gasteiger partial charge on any atom is -0.495 e. The highest BCUT2D eigenvalue weighted by Gasteiger charge is 2.16. The van der Waals surface area contributed by atoms with Crippen LogP contribution in [0.2, 0.25) is 0 Å². The molecule has 2 rings (SSSR count). The molecular weight excluding hydrogens is 295 g/mol. The molecule has 0 aliphatic carbocycles. The fourth-order valence-corrected chi connectivity index (χ4v) is 2.39. The zero-order chi connectivity index (χ0) is 16.7. The normalized spacial score (nSPS) is 11.8. The van der Waals surface area contributed by atoms with Gasteiger partial charge in [0.05, 0.1) is 19.3 Å². The predicted molar refractivity (Wildman–Crippen MR) is 88.1 cm³/mol. The lowest BCUT2D eigenvalue weighted by Gasteiger charge is -2.18. The zero-order valence-electron chi connectivity index (χ0n) is 13.4. The first-order valence-corrected chi connectivity index (χ1v) is 7.64. The first kappa shape index (κ1) is 17.0. The molecule has 0 fully saturated rings. The van der Waals surface area contributed by atoms with E-state index >= 15 is 0 Å². The number of ether oxygens (including phenoxy) is 1. The van der Waals surface area contributed by atoms with E-state index in [2.05, 4.69) is 5.32 Å². The Balaban J connectivity index is 1.98. The van der Waals surface area contributed by atoms with Gasteiger partial charge in [0.2, 0.25) is 0 Å². The van der Waals surface area contributed by atoms with Gasteiger partial charge in [-0.2, -0.15) is 0 Å². The minimum atomic E-state index is -0.233. The topological polar surface area (TPSA) is 42.8 Å². The molecule has 0 bridgehead atoms. The maximum absolute atomic E-state index is 13.7. The Morgan fingerprint density at radius 2 is 1.87 bits per heavy atom. The molecule has 1 atom stereocenters. The number of benzene rings is 2. The van der Waals surface area contributed by atoms with Crippen LogP contribution < -0.4 is 15.0 Å². The van der Waals surface area contributed by atoms with Gasteiger partial charge in [-0.15, -0.1) is 0 Å². The van der Waals surface area contributed by atoms with Crippen molar-refractivity contribution in [3.05, 3.63) is 59.9 Å². The highest BCUT2D eigenvalue weighted by Crippen LogP contribution is 2.22. The van der Waals surface area contributed by atoms with Gasteiger partial charge in [-0.05, 0) is 25.1 Å². The second-order valence-electron chi connectivity index (χ2n) is 5.30. The quantitative estimate of drug-likeness (QED) is 0.819. The molecule has 0 saturated carbocycles. The van der Waals surface area contributed by atoms with Gasteiger partial charge in [0.25, 0.3) is 5.91 Å². The minimum absolute atomic E-state index is 0.123. The smallest absolute Gasteiger partial charge is 0.279 e. The van der Waals surface area contributed by atoms with Crippen molar-refractivity contribution in [1.82, 2.24) is 0 Å². The van der Waals surface area contributed by atoms with Crippen LogP contribution in [0.3, 0.4) is 0 Å². The van der Waals surface area contributed by atoms with Crippen molar-refractivity contribution in [1.29, 1.82) is 0 Å². The summed E-state index contributed by atoms with van der Waals surface area (Å²) in [5.41, 5.74) is 1.26. The number of hydrogen-bond acceptors (Lipinski definition) is 2. The Morgan fingerprint density at radius 1 is 1.17 bits per heavy atom. The molecule has 1 amide bonds. The van der Waals surface area contributed by atoms with Crippen molar-refractivity contribution in [2.75, 3.05) is 25.5 Å². The Hall–Kier alpha value is -2.40. The number of nitrogens with one attached hydrogen (secondary N) is 2. The van der Waals surface area contributed by atoms with E-state index in [0.717, 1.165) is 11.4 Å². The Labute approximate surface area is 135 Å². The highest BCUT2D eigenvalue weighted by molar-refractivity contribution is 5.92. The van der Waals surface area contributed by atoms with Crippen LogP contribution in [0, 0.1) is 5.82 Å². The van der Waals surface area contributed by atoms with E-state index in [4.69, 9.17) is 4.74 Å². The Kier molecular flexibility index (Phi) is 6.11. The van der Waals surface area contributed by atoms with Crippen molar-refractivity contribution in [2.24, 2.45) is 0 Å². The number of quaternary nitrogens is 1. The lowest BCUT2D eigenvalue weighted by Crippen LogP contribution is -3.11. The molecule has 0 heterocycles. The molecule has 2 aromatic rings. The number of hydrogen-bond donors (Lipinski definition) is 2. The van der Waals surface area contributed by atoms with Gasteiger partial charge in [0, 0.05) is 5.56 Å². The van der Waals surface area contributed by atoms with E-state index in [1.165, 1.54) is 6.07 Å². The van der Waals surface area contributed by atoms with E-state index < -0.39 is 0 Å². The Bertz CT molecular complexity index is 661. The molecule has 4 nitrogen and oxygen atoms in total. The number of likely N-dealkylation sites (N-methyl/N-ethyl adjacent to an activating group) is 1. The van der Waals surface area contributed by atoms with Gasteiger partial charge >= 0.3 is 0 Å². The number of rotatable bonds is 7. The molecule has 23 heavy (non-hydrogen) atoms.